The molecule has 0 aliphatic carbocycles. The number of ether oxygens (including phenoxy) is 1. The van der Waals surface area contributed by atoms with Gasteiger partial charge in [0.15, 0.2) is 0 Å². The van der Waals surface area contributed by atoms with Gasteiger partial charge in [0.1, 0.15) is 5.56 Å². The number of hydrogen-bond acceptors (Lipinski definition) is 2. The van der Waals surface area contributed by atoms with Crippen LogP contribution in [0.1, 0.15) is 142 Å². The van der Waals surface area contributed by atoms with Crippen molar-refractivity contribution in [2.24, 2.45) is 0 Å². The maximum Gasteiger partial charge on any atom is 0.303 e. The third-order valence-electron chi connectivity index (χ3n) is 5.71. The fraction of sp³-hybridized carbons (Fsp3) is 0.960. The summed E-state index contributed by atoms with van der Waals surface area (Å²) in [5.74, 6) is -0.668. The normalized spacial score (nSPS) is 13.5. The van der Waals surface area contributed by atoms with Crippen molar-refractivity contribution in [2.45, 2.75) is 154 Å². The highest BCUT2D eigenvalue weighted by Gasteiger charge is 2.13. The lowest BCUT2D eigenvalue weighted by Crippen LogP contribution is -2.18. The molecule has 0 saturated carbocycles. The Hall–Kier alpha value is -0.280. The molecule has 0 aliphatic rings. The highest BCUT2D eigenvalue weighted by atomic mass is 35.5. The van der Waals surface area contributed by atoms with E-state index in [1.807, 2.05) is 0 Å². The molecule has 2 unspecified atom stereocenters. The minimum Gasteiger partial charge on any atom is -0.481 e. The summed E-state index contributed by atoms with van der Waals surface area (Å²) in [5.41, 5.74) is -0.134. The Morgan fingerprint density at radius 2 is 1.14 bits per heavy atom. The van der Waals surface area contributed by atoms with E-state index in [1.165, 1.54) is 89.9 Å². The van der Waals surface area contributed by atoms with Gasteiger partial charge in [0, 0.05) is 6.42 Å². The predicted octanol–water partition coefficient (Wildman–Crippen LogP) is 8.86. The third-order valence-corrected chi connectivity index (χ3v) is 6.12. The van der Waals surface area contributed by atoms with Gasteiger partial charge in [-0.15, -0.1) is 0 Å². The standard InChI is InChI=1S/C25H49ClO3/c1-3-5-6-7-11-14-17-20-23(29-24(26)4-2)21-18-15-12-9-8-10-13-16-19-22-25(27)28/h23-24H,3-22H2,1-2H3,(H,27,28). The van der Waals surface area contributed by atoms with Gasteiger partial charge in [-0.25, -0.2) is 0 Å². The highest BCUT2D eigenvalue weighted by Crippen LogP contribution is 2.20. The largest absolute Gasteiger partial charge is 0.481 e. The van der Waals surface area contributed by atoms with Crippen molar-refractivity contribution < 1.29 is 14.6 Å². The van der Waals surface area contributed by atoms with E-state index in [9.17, 15) is 4.79 Å². The van der Waals surface area contributed by atoms with Crippen molar-refractivity contribution in [3.63, 3.8) is 0 Å². The van der Waals surface area contributed by atoms with Crippen LogP contribution in [0.5, 0.6) is 0 Å². The molecule has 0 bridgehead atoms. The molecular weight excluding hydrogens is 384 g/mol. The Labute approximate surface area is 186 Å². The third kappa shape index (κ3) is 22.2. The second-order valence-electron chi connectivity index (χ2n) is 8.60. The van der Waals surface area contributed by atoms with Gasteiger partial charge in [0.2, 0.25) is 0 Å². The first-order chi connectivity index (χ1) is 14.1. The van der Waals surface area contributed by atoms with Crippen LogP contribution in [0.4, 0.5) is 0 Å². The molecule has 29 heavy (non-hydrogen) atoms. The van der Waals surface area contributed by atoms with Gasteiger partial charge in [-0.3, -0.25) is 4.79 Å². The number of aliphatic carboxylic acids is 1. The van der Waals surface area contributed by atoms with E-state index < -0.39 is 5.97 Å². The Kier molecular flexibility index (Phi) is 22.2. The van der Waals surface area contributed by atoms with E-state index in [0.717, 1.165) is 32.1 Å². The van der Waals surface area contributed by atoms with E-state index in [-0.39, 0.29) is 5.56 Å². The van der Waals surface area contributed by atoms with Gasteiger partial charge in [-0.2, -0.15) is 0 Å². The van der Waals surface area contributed by atoms with Gasteiger partial charge in [0.05, 0.1) is 6.10 Å². The molecule has 0 aromatic rings. The molecule has 174 valence electrons. The van der Waals surface area contributed by atoms with Crippen LogP contribution in [0.2, 0.25) is 0 Å². The van der Waals surface area contributed by atoms with E-state index in [2.05, 4.69) is 13.8 Å². The summed E-state index contributed by atoms with van der Waals surface area (Å²) in [6.45, 7) is 4.35. The van der Waals surface area contributed by atoms with Crippen molar-refractivity contribution in [1.29, 1.82) is 0 Å². The number of carboxylic acids is 1. The van der Waals surface area contributed by atoms with Gasteiger partial charge in [-0.1, -0.05) is 122 Å². The molecule has 0 rings (SSSR count). The number of alkyl halides is 1. The first kappa shape index (κ1) is 28.7. The Morgan fingerprint density at radius 1 is 0.724 bits per heavy atom. The van der Waals surface area contributed by atoms with Crippen LogP contribution < -0.4 is 0 Å². The van der Waals surface area contributed by atoms with Gasteiger partial charge in [0.25, 0.3) is 0 Å². The maximum absolute atomic E-state index is 10.5. The Bertz CT molecular complexity index is 349. The van der Waals surface area contributed by atoms with Crippen LogP contribution in [-0.4, -0.2) is 22.7 Å². The number of carboxylic acid groups (broad SMARTS) is 1. The van der Waals surface area contributed by atoms with Crippen LogP contribution in [0.25, 0.3) is 0 Å². The van der Waals surface area contributed by atoms with Crippen molar-refractivity contribution in [3.8, 4) is 0 Å². The van der Waals surface area contributed by atoms with Gasteiger partial charge >= 0.3 is 5.97 Å². The fourth-order valence-electron chi connectivity index (χ4n) is 3.80. The summed E-state index contributed by atoms with van der Waals surface area (Å²) < 4.78 is 6.07. The lowest BCUT2D eigenvalue weighted by atomic mass is 10.0. The number of hydrogen-bond donors (Lipinski definition) is 1. The van der Waals surface area contributed by atoms with Crippen molar-refractivity contribution in [3.05, 3.63) is 0 Å². The van der Waals surface area contributed by atoms with E-state index in [0.29, 0.717) is 12.5 Å². The summed E-state index contributed by atoms with van der Waals surface area (Å²) >= 11 is 6.25. The molecule has 0 radical (unpaired) electrons. The topological polar surface area (TPSA) is 46.5 Å². The SMILES string of the molecule is CCCCCCCCCC(CCCCCCCCCCCC(=O)O)OC(Cl)CC. The Balaban J connectivity index is 3.66. The maximum atomic E-state index is 10.5. The molecule has 0 spiro atoms. The zero-order chi connectivity index (χ0) is 21.6. The van der Waals surface area contributed by atoms with Crippen molar-refractivity contribution >= 4 is 17.6 Å². The first-order valence-corrected chi connectivity index (χ1v) is 13.0. The summed E-state index contributed by atoms with van der Waals surface area (Å²) in [6.07, 6.45) is 24.0. The average molecular weight is 433 g/mol. The zero-order valence-corrected chi connectivity index (χ0v) is 20.2. The average Bonchev–Trinajstić information content (AvgIpc) is 2.70. The van der Waals surface area contributed by atoms with Crippen molar-refractivity contribution in [1.82, 2.24) is 0 Å². The van der Waals surface area contributed by atoms with Crippen LogP contribution >= 0.6 is 11.6 Å². The summed E-state index contributed by atoms with van der Waals surface area (Å²) in [5, 5.41) is 8.62. The molecule has 4 heteroatoms. The predicted molar refractivity (Wildman–Crippen MR) is 126 cm³/mol. The molecule has 2 atom stereocenters. The minimum absolute atomic E-state index is 0.134. The zero-order valence-electron chi connectivity index (χ0n) is 19.4. The van der Waals surface area contributed by atoms with Crippen molar-refractivity contribution in [2.75, 3.05) is 0 Å². The molecule has 0 aromatic heterocycles. The lowest BCUT2D eigenvalue weighted by Gasteiger charge is -2.21. The number of carbonyl (C=O) groups is 1. The summed E-state index contributed by atoms with van der Waals surface area (Å²) in [7, 11) is 0. The van der Waals surface area contributed by atoms with E-state index in [1.54, 1.807) is 0 Å². The molecule has 0 saturated heterocycles. The molecular formula is C25H49ClO3. The fourth-order valence-corrected chi connectivity index (χ4v) is 3.95. The molecule has 3 nitrogen and oxygen atoms in total. The number of rotatable bonds is 23. The van der Waals surface area contributed by atoms with Crippen LogP contribution in [0.3, 0.4) is 0 Å². The second kappa shape index (κ2) is 22.4. The lowest BCUT2D eigenvalue weighted by molar-refractivity contribution is -0.137. The van der Waals surface area contributed by atoms with E-state index in [4.69, 9.17) is 21.4 Å². The van der Waals surface area contributed by atoms with Gasteiger partial charge in [-0.05, 0) is 25.7 Å². The number of unbranched alkanes of at least 4 members (excludes halogenated alkanes) is 14. The minimum atomic E-state index is -0.668. The van der Waals surface area contributed by atoms with Gasteiger partial charge < -0.3 is 9.84 Å². The van der Waals surface area contributed by atoms with Crippen LogP contribution in [-0.2, 0) is 9.53 Å². The smallest absolute Gasteiger partial charge is 0.303 e. The molecule has 0 aromatic carbocycles. The monoisotopic (exact) mass is 432 g/mol. The summed E-state index contributed by atoms with van der Waals surface area (Å²) in [6, 6.07) is 0. The van der Waals surface area contributed by atoms with E-state index >= 15 is 0 Å². The molecule has 0 amide bonds. The quantitative estimate of drug-likeness (QED) is 0.129. The van der Waals surface area contributed by atoms with Crippen LogP contribution in [0.15, 0.2) is 0 Å². The highest BCUT2D eigenvalue weighted by molar-refractivity contribution is 6.19. The first-order valence-electron chi connectivity index (χ1n) is 12.6. The Morgan fingerprint density at radius 3 is 1.55 bits per heavy atom. The molecule has 1 N–H and O–H groups in total. The second-order valence-corrected chi connectivity index (χ2v) is 9.09. The summed E-state index contributed by atoms with van der Waals surface area (Å²) in [4.78, 5) is 10.5. The number of halogens is 1. The molecule has 0 fully saturated rings. The molecule has 0 heterocycles. The van der Waals surface area contributed by atoms with Crippen LogP contribution in [0, 0.1) is 0 Å². The molecule has 0 aliphatic heterocycles.